The van der Waals surface area contributed by atoms with Crippen LogP contribution >= 0.6 is 22.9 Å². The molecule has 0 fully saturated rings. The van der Waals surface area contributed by atoms with Crippen LogP contribution in [0.3, 0.4) is 0 Å². The third-order valence-electron chi connectivity index (χ3n) is 4.00. The van der Waals surface area contributed by atoms with Gasteiger partial charge >= 0.3 is 0 Å². The number of nitro groups is 1. The van der Waals surface area contributed by atoms with Gasteiger partial charge in [0.05, 0.1) is 9.26 Å². The number of aryl methyl sites for hydroxylation is 1. The normalized spacial score (nSPS) is 17.0. The number of nitro benzene ring substituents is 1. The highest BCUT2D eigenvalue weighted by Gasteiger charge is 2.25. The molecule has 0 spiro atoms. The minimum absolute atomic E-state index is 0.181. The van der Waals surface area contributed by atoms with Crippen molar-refractivity contribution in [1.29, 1.82) is 0 Å². The zero-order chi connectivity index (χ0) is 15.0. The van der Waals surface area contributed by atoms with Crippen molar-refractivity contribution in [3.05, 3.63) is 60.3 Å². The Morgan fingerprint density at radius 2 is 2.33 bits per heavy atom. The zero-order valence-corrected chi connectivity index (χ0v) is 13.1. The van der Waals surface area contributed by atoms with Crippen LogP contribution < -0.4 is 5.32 Å². The summed E-state index contributed by atoms with van der Waals surface area (Å²) < 4.78 is 0.832. The van der Waals surface area contributed by atoms with Crippen LogP contribution in [0.1, 0.15) is 34.0 Å². The highest BCUT2D eigenvalue weighted by atomic mass is 35.5. The predicted molar refractivity (Wildman–Crippen MR) is 85.1 cm³/mol. The average Bonchev–Trinajstić information content (AvgIpc) is 2.97. The Bertz CT molecular complexity index is 699. The number of halogens is 1. The second-order valence-electron chi connectivity index (χ2n) is 5.22. The maximum atomic E-state index is 11.0. The number of hydrogen-bond acceptors (Lipinski definition) is 4. The van der Waals surface area contributed by atoms with Crippen molar-refractivity contribution in [2.45, 2.75) is 32.4 Å². The van der Waals surface area contributed by atoms with Crippen LogP contribution in [0.2, 0.25) is 4.34 Å². The van der Waals surface area contributed by atoms with Crippen LogP contribution in [-0.4, -0.2) is 4.92 Å². The summed E-state index contributed by atoms with van der Waals surface area (Å²) in [6.45, 7) is 2.43. The molecule has 1 atom stereocenters. The molecule has 2 aromatic rings. The summed E-state index contributed by atoms with van der Waals surface area (Å²) in [6, 6.07) is 7.55. The van der Waals surface area contributed by atoms with Crippen LogP contribution in [0.4, 0.5) is 5.69 Å². The fraction of sp³-hybridized carbons (Fsp3) is 0.333. The summed E-state index contributed by atoms with van der Waals surface area (Å²) in [6.07, 6.45) is 2.12. The molecule has 1 aliphatic carbocycles. The molecule has 0 radical (unpaired) electrons. The lowest BCUT2D eigenvalue weighted by Crippen LogP contribution is -2.19. The first kappa shape index (κ1) is 14.5. The van der Waals surface area contributed by atoms with Crippen LogP contribution in [0.15, 0.2) is 24.3 Å². The molecule has 0 saturated heterocycles. The topological polar surface area (TPSA) is 55.2 Å². The van der Waals surface area contributed by atoms with Gasteiger partial charge in [0.25, 0.3) is 5.69 Å². The number of rotatable bonds is 4. The Hall–Kier alpha value is -1.43. The van der Waals surface area contributed by atoms with Gasteiger partial charge in [-0.3, -0.25) is 10.1 Å². The molecule has 0 saturated carbocycles. The second-order valence-corrected chi connectivity index (χ2v) is 6.99. The predicted octanol–water partition coefficient (Wildman–Crippen LogP) is 4.40. The molecule has 4 nitrogen and oxygen atoms in total. The molecular weight excluding hydrogens is 308 g/mol. The maximum Gasteiger partial charge on any atom is 0.272 e. The summed E-state index contributed by atoms with van der Waals surface area (Å²) in [4.78, 5) is 12.0. The van der Waals surface area contributed by atoms with Crippen molar-refractivity contribution in [2.75, 3.05) is 0 Å². The number of thiophene rings is 1. The second kappa shape index (κ2) is 5.75. The molecule has 110 valence electrons. The Labute approximate surface area is 131 Å². The van der Waals surface area contributed by atoms with Crippen LogP contribution in [-0.2, 0) is 13.0 Å². The van der Waals surface area contributed by atoms with Crippen LogP contribution in [0.5, 0.6) is 0 Å². The molecule has 0 amide bonds. The minimum atomic E-state index is -0.328. The Balaban J connectivity index is 1.74. The fourth-order valence-electron chi connectivity index (χ4n) is 2.83. The van der Waals surface area contributed by atoms with Crippen molar-refractivity contribution >= 4 is 28.6 Å². The standard InChI is InChI=1S/C15H15ClN2O2S/c1-9-10(3-2-4-13(9)18(19)20)8-17-12-5-6-14-11(12)7-15(16)21-14/h2-4,7,12,17H,5-6,8H2,1H3. The molecule has 21 heavy (non-hydrogen) atoms. The maximum absolute atomic E-state index is 11.0. The van der Waals surface area contributed by atoms with Gasteiger partial charge in [-0.15, -0.1) is 11.3 Å². The minimum Gasteiger partial charge on any atom is -0.306 e. The van der Waals surface area contributed by atoms with Gasteiger partial charge in [-0.05, 0) is 37.0 Å². The van der Waals surface area contributed by atoms with Crippen molar-refractivity contribution < 1.29 is 4.92 Å². The molecular formula is C15H15ClN2O2S. The lowest BCUT2D eigenvalue weighted by atomic mass is 10.1. The number of fused-ring (bicyclic) bond motifs is 1. The van der Waals surface area contributed by atoms with Crippen molar-refractivity contribution in [1.82, 2.24) is 5.32 Å². The molecule has 1 aromatic heterocycles. The van der Waals surface area contributed by atoms with Crippen molar-refractivity contribution in [3.63, 3.8) is 0 Å². The lowest BCUT2D eigenvalue weighted by molar-refractivity contribution is -0.385. The van der Waals surface area contributed by atoms with E-state index in [0.29, 0.717) is 12.6 Å². The van der Waals surface area contributed by atoms with Gasteiger partial charge in [0.2, 0.25) is 0 Å². The van der Waals surface area contributed by atoms with E-state index < -0.39 is 0 Å². The summed E-state index contributed by atoms with van der Waals surface area (Å²) in [5.41, 5.74) is 3.17. The van der Waals surface area contributed by atoms with E-state index in [0.717, 1.165) is 28.3 Å². The summed E-state index contributed by atoms with van der Waals surface area (Å²) in [5.74, 6) is 0. The molecule has 3 rings (SSSR count). The van der Waals surface area contributed by atoms with E-state index in [4.69, 9.17) is 11.6 Å². The molecule has 1 aromatic carbocycles. The Morgan fingerprint density at radius 3 is 3.10 bits per heavy atom. The van der Waals surface area contributed by atoms with Gasteiger partial charge in [0, 0.05) is 29.1 Å². The molecule has 0 bridgehead atoms. The molecule has 0 aliphatic heterocycles. The van der Waals surface area contributed by atoms with E-state index >= 15 is 0 Å². The monoisotopic (exact) mass is 322 g/mol. The highest BCUT2D eigenvalue weighted by molar-refractivity contribution is 7.16. The Morgan fingerprint density at radius 1 is 1.52 bits per heavy atom. The smallest absolute Gasteiger partial charge is 0.272 e. The first-order chi connectivity index (χ1) is 10.1. The van der Waals surface area contributed by atoms with Gasteiger partial charge < -0.3 is 5.32 Å². The van der Waals surface area contributed by atoms with E-state index in [-0.39, 0.29) is 10.6 Å². The van der Waals surface area contributed by atoms with Crippen molar-refractivity contribution in [2.24, 2.45) is 0 Å². The summed E-state index contributed by atoms with van der Waals surface area (Å²) in [5, 5.41) is 14.5. The van der Waals surface area contributed by atoms with E-state index in [2.05, 4.69) is 5.32 Å². The third kappa shape index (κ3) is 2.81. The third-order valence-corrected chi connectivity index (χ3v) is 5.34. The van der Waals surface area contributed by atoms with E-state index in [1.165, 1.54) is 10.4 Å². The molecule has 1 N–H and O–H groups in total. The summed E-state index contributed by atoms with van der Waals surface area (Å²) in [7, 11) is 0. The van der Waals surface area contributed by atoms with Gasteiger partial charge in [-0.2, -0.15) is 0 Å². The molecule has 1 heterocycles. The quantitative estimate of drug-likeness (QED) is 0.670. The largest absolute Gasteiger partial charge is 0.306 e. The molecule has 1 unspecified atom stereocenters. The van der Waals surface area contributed by atoms with E-state index in [1.54, 1.807) is 30.4 Å². The number of hydrogen-bond donors (Lipinski definition) is 1. The first-order valence-electron chi connectivity index (χ1n) is 6.80. The van der Waals surface area contributed by atoms with Gasteiger partial charge in [-0.25, -0.2) is 0 Å². The van der Waals surface area contributed by atoms with Crippen LogP contribution in [0.25, 0.3) is 0 Å². The zero-order valence-electron chi connectivity index (χ0n) is 11.6. The number of benzene rings is 1. The van der Waals surface area contributed by atoms with Gasteiger partial charge in [0.15, 0.2) is 0 Å². The van der Waals surface area contributed by atoms with Crippen molar-refractivity contribution in [3.8, 4) is 0 Å². The average molecular weight is 323 g/mol. The molecule has 6 heteroatoms. The number of nitrogens with zero attached hydrogens (tertiary/aromatic N) is 1. The van der Waals surface area contributed by atoms with Gasteiger partial charge in [-0.1, -0.05) is 23.7 Å². The number of nitrogens with one attached hydrogen (secondary N) is 1. The van der Waals surface area contributed by atoms with Gasteiger partial charge in [0.1, 0.15) is 0 Å². The van der Waals surface area contributed by atoms with E-state index in [9.17, 15) is 10.1 Å². The fourth-order valence-corrected chi connectivity index (χ4v) is 4.19. The SMILES string of the molecule is Cc1c(CNC2CCc3sc(Cl)cc32)cccc1[N+](=O)[O-]. The first-order valence-corrected chi connectivity index (χ1v) is 8.00. The lowest BCUT2D eigenvalue weighted by Gasteiger charge is -2.14. The Kier molecular flexibility index (Phi) is 3.97. The van der Waals surface area contributed by atoms with E-state index in [1.807, 2.05) is 12.1 Å². The molecule has 1 aliphatic rings. The highest BCUT2D eigenvalue weighted by Crippen LogP contribution is 2.39. The summed E-state index contributed by atoms with van der Waals surface area (Å²) >= 11 is 7.71. The van der Waals surface area contributed by atoms with Crippen LogP contribution in [0, 0.1) is 17.0 Å².